The first-order valence-electron chi connectivity index (χ1n) is 6.70. The summed E-state index contributed by atoms with van der Waals surface area (Å²) in [6, 6.07) is 6.20. The summed E-state index contributed by atoms with van der Waals surface area (Å²) < 4.78 is 27.7. The summed E-state index contributed by atoms with van der Waals surface area (Å²) in [5.74, 6) is 0.181. The van der Waals surface area contributed by atoms with Gasteiger partial charge in [0.1, 0.15) is 4.99 Å². The van der Waals surface area contributed by atoms with E-state index in [9.17, 15) is 8.42 Å². The molecule has 0 amide bonds. The summed E-state index contributed by atoms with van der Waals surface area (Å²) in [6.45, 7) is 4.61. The molecule has 0 aliphatic rings. The first-order chi connectivity index (χ1) is 9.63. The molecule has 0 bridgehead atoms. The minimum atomic E-state index is -3.60. The number of nitrogens with two attached hydrogens (primary N) is 1. The Kier molecular flexibility index (Phi) is 6.27. The van der Waals surface area contributed by atoms with Crippen molar-refractivity contribution < 1.29 is 8.42 Å². The number of hydrogen-bond acceptors (Lipinski definition) is 4. The maximum absolute atomic E-state index is 12.5. The fourth-order valence-corrected chi connectivity index (χ4v) is 3.41. The van der Waals surface area contributed by atoms with Crippen molar-refractivity contribution in [3.63, 3.8) is 0 Å². The molecule has 0 aliphatic carbocycles. The van der Waals surface area contributed by atoms with Gasteiger partial charge in [0.15, 0.2) is 0 Å². The molecule has 1 unspecified atom stereocenters. The van der Waals surface area contributed by atoms with Gasteiger partial charge in [-0.25, -0.2) is 13.1 Å². The van der Waals surface area contributed by atoms with Crippen LogP contribution in [0.25, 0.3) is 0 Å². The fourth-order valence-electron chi connectivity index (χ4n) is 1.86. The molecule has 1 atom stereocenters. The van der Waals surface area contributed by atoms with Gasteiger partial charge in [0, 0.05) is 18.2 Å². The number of nitrogens with one attached hydrogen (secondary N) is 1. The minimum Gasteiger partial charge on any atom is -0.389 e. The van der Waals surface area contributed by atoms with Crippen LogP contribution in [-0.4, -0.2) is 45.0 Å². The normalized spacial score (nSPS) is 13.6. The molecule has 0 aliphatic heterocycles. The molecule has 7 heteroatoms. The monoisotopic (exact) mass is 329 g/mol. The molecule has 3 N–H and O–H groups in total. The van der Waals surface area contributed by atoms with Gasteiger partial charge in [-0.3, -0.25) is 0 Å². The van der Waals surface area contributed by atoms with Gasteiger partial charge < -0.3 is 10.6 Å². The summed E-state index contributed by atoms with van der Waals surface area (Å²) in [5, 5.41) is 0. The Bertz CT molecular complexity index is 598. The van der Waals surface area contributed by atoms with Gasteiger partial charge in [-0.05, 0) is 32.1 Å². The van der Waals surface area contributed by atoms with Crippen LogP contribution < -0.4 is 10.5 Å². The number of hydrogen-bond donors (Lipinski definition) is 2. The zero-order chi connectivity index (χ0) is 16.2. The first-order valence-corrected chi connectivity index (χ1v) is 8.59. The van der Waals surface area contributed by atoms with Gasteiger partial charge in [0.2, 0.25) is 10.0 Å². The third kappa shape index (κ3) is 5.35. The van der Waals surface area contributed by atoms with Crippen molar-refractivity contribution in [3.8, 4) is 0 Å². The molecule has 1 rings (SSSR count). The summed E-state index contributed by atoms with van der Waals surface area (Å²) in [5.41, 5.74) is 6.09. The lowest BCUT2D eigenvalue weighted by Crippen LogP contribution is -2.44. The highest BCUT2D eigenvalue weighted by molar-refractivity contribution is 7.89. The van der Waals surface area contributed by atoms with E-state index in [1.54, 1.807) is 12.1 Å². The van der Waals surface area contributed by atoms with Crippen molar-refractivity contribution in [2.45, 2.75) is 24.8 Å². The van der Waals surface area contributed by atoms with Gasteiger partial charge in [0.05, 0.1) is 4.90 Å². The van der Waals surface area contributed by atoms with E-state index in [0.29, 0.717) is 12.1 Å². The summed E-state index contributed by atoms with van der Waals surface area (Å²) >= 11 is 4.89. The predicted octanol–water partition coefficient (Wildman–Crippen LogP) is 1.19. The van der Waals surface area contributed by atoms with Crippen molar-refractivity contribution in [3.05, 3.63) is 29.8 Å². The van der Waals surface area contributed by atoms with Crippen LogP contribution in [0.2, 0.25) is 0 Å². The smallest absolute Gasteiger partial charge is 0.240 e. The Morgan fingerprint density at radius 3 is 2.48 bits per heavy atom. The van der Waals surface area contributed by atoms with Crippen molar-refractivity contribution in [2.75, 3.05) is 20.6 Å². The van der Waals surface area contributed by atoms with Crippen molar-refractivity contribution in [1.29, 1.82) is 0 Å². The van der Waals surface area contributed by atoms with Crippen molar-refractivity contribution in [2.24, 2.45) is 11.7 Å². The van der Waals surface area contributed by atoms with Gasteiger partial charge >= 0.3 is 0 Å². The summed E-state index contributed by atoms with van der Waals surface area (Å²) in [6.07, 6.45) is 0. The molecule has 5 nitrogen and oxygen atoms in total. The number of thiocarbonyl (C=S) groups is 1. The molecule has 0 saturated heterocycles. The predicted molar refractivity (Wildman–Crippen MR) is 89.8 cm³/mol. The number of sulfonamides is 1. The van der Waals surface area contributed by atoms with E-state index in [0.717, 1.165) is 0 Å². The highest BCUT2D eigenvalue weighted by Gasteiger charge is 2.23. The average molecular weight is 329 g/mol. The zero-order valence-corrected chi connectivity index (χ0v) is 14.5. The zero-order valence-electron chi connectivity index (χ0n) is 12.8. The standard InChI is InChI=1S/C14H23N3O2S2/c1-10(2)13(9-17(3)4)16-21(18,19)12-7-5-6-11(8-12)14(15)20/h5-8,10,13,16H,9H2,1-4H3,(H2,15,20). The molecule has 0 fully saturated rings. The van der Waals surface area contributed by atoms with E-state index in [1.807, 2.05) is 32.8 Å². The lowest BCUT2D eigenvalue weighted by atomic mass is 10.1. The van der Waals surface area contributed by atoms with Gasteiger partial charge in [-0.15, -0.1) is 0 Å². The van der Waals surface area contributed by atoms with E-state index >= 15 is 0 Å². The van der Waals surface area contributed by atoms with E-state index in [1.165, 1.54) is 12.1 Å². The molecular formula is C14H23N3O2S2. The Morgan fingerprint density at radius 2 is 2.00 bits per heavy atom. The molecule has 0 saturated carbocycles. The molecule has 118 valence electrons. The van der Waals surface area contributed by atoms with Gasteiger partial charge in [-0.2, -0.15) is 0 Å². The Hall–Kier alpha value is -1.02. The van der Waals surface area contributed by atoms with Crippen LogP contribution in [0.4, 0.5) is 0 Å². The van der Waals surface area contributed by atoms with E-state index in [4.69, 9.17) is 18.0 Å². The second-order valence-electron chi connectivity index (χ2n) is 5.63. The molecule has 0 aromatic heterocycles. The highest BCUT2D eigenvalue weighted by Crippen LogP contribution is 2.14. The number of benzene rings is 1. The quantitative estimate of drug-likeness (QED) is 0.735. The average Bonchev–Trinajstić information content (AvgIpc) is 2.37. The third-order valence-corrected chi connectivity index (χ3v) is 4.83. The van der Waals surface area contributed by atoms with Crippen LogP contribution in [0, 0.1) is 5.92 Å². The summed E-state index contributed by atoms with van der Waals surface area (Å²) in [4.78, 5) is 2.32. The van der Waals surface area contributed by atoms with Gasteiger partial charge in [0.25, 0.3) is 0 Å². The van der Waals surface area contributed by atoms with Crippen LogP contribution in [0.5, 0.6) is 0 Å². The van der Waals surface area contributed by atoms with Gasteiger partial charge in [-0.1, -0.05) is 38.2 Å². The Balaban J connectivity index is 3.04. The molecule has 21 heavy (non-hydrogen) atoms. The lowest BCUT2D eigenvalue weighted by Gasteiger charge is -2.25. The van der Waals surface area contributed by atoms with Crippen molar-refractivity contribution in [1.82, 2.24) is 9.62 Å². The third-order valence-electron chi connectivity index (χ3n) is 3.10. The van der Waals surface area contributed by atoms with Crippen LogP contribution in [0.15, 0.2) is 29.2 Å². The maximum atomic E-state index is 12.5. The number of likely N-dealkylation sites (N-methyl/N-ethyl adjacent to an activating group) is 1. The van der Waals surface area contributed by atoms with Crippen LogP contribution >= 0.6 is 12.2 Å². The molecule has 1 aromatic rings. The molecule has 1 aromatic carbocycles. The van der Waals surface area contributed by atoms with E-state index < -0.39 is 10.0 Å². The topological polar surface area (TPSA) is 75.4 Å². The molecule has 0 spiro atoms. The van der Waals surface area contributed by atoms with E-state index in [-0.39, 0.29) is 21.8 Å². The maximum Gasteiger partial charge on any atom is 0.240 e. The van der Waals surface area contributed by atoms with Crippen molar-refractivity contribution >= 4 is 27.2 Å². The first kappa shape index (κ1) is 18.0. The SMILES string of the molecule is CC(C)C(CN(C)C)NS(=O)(=O)c1cccc(C(N)=S)c1. The van der Waals surface area contributed by atoms with Crippen LogP contribution in [0.1, 0.15) is 19.4 Å². The molecule has 0 heterocycles. The van der Waals surface area contributed by atoms with E-state index in [2.05, 4.69) is 4.72 Å². The minimum absolute atomic E-state index is 0.168. The van der Waals surface area contributed by atoms with Crippen LogP contribution in [0.3, 0.4) is 0 Å². The summed E-state index contributed by atoms with van der Waals surface area (Å²) in [7, 11) is 0.230. The molecule has 0 radical (unpaired) electrons. The largest absolute Gasteiger partial charge is 0.389 e. The highest BCUT2D eigenvalue weighted by atomic mass is 32.2. The Morgan fingerprint density at radius 1 is 1.38 bits per heavy atom. The molecular weight excluding hydrogens is 306 g/mol. The second kappa shape index (κ2) is 7.31. The number of nitrogens with zero attached hydrogens (tertiary/aromatic N) is 1. The Labute approximate surface area is 132 Å². The number of rotatable bonds is 7. The fraction of sp³-hybridized carbons (Fsp3) is 0.500. The lowest BCUT2D eigenvalue weighted by molar-refractivity contribution is 0.314. The van der Waals surface area contributed by atoms with Crippen LogP contribution in [-0.2, 0) is 10.0 Å². The second-order valence-corrected chi connectivity index (χ2v) is 7.78.